The van der Waals surface area contributed by atoms with Crippen LogP contribution in [0.1, 0.15) is 25.7 Å². The molecule has 2 saturated carbocycles. The monoisotopic (exact) mass is 222 g/mol. The summed E-state index contributed by atoms with van der Waals surface area (Å²) < 4.78 is 5.39. The van der Waals surface area contributed by atoms with Crippen LogP contribution in [0.2, 0.25) is 0 Å². The molecule has 2 aliphatic carbocycles. The number of carbonyl (C=O) groups excluding carboxylic acids is 2. The molecule has 2 bridgehead atoms. The number of hydrogen-bond acceptors (Lipinski definition) is 3. The van der Waals surface area contributed by atoms with Gasteiger partial charge in [0.15, 0.2) is 0 Å². The fourth-order valence-corrected chi connectivity index (χ4v) is 2.89. The summed E-state index contributed by atoms with van der Waals surface area (Å²) in [5.41, 5.74) is 0. The summed E-state index contributed by atoms with van der Waals surface area (Å²) in [5.74, 6) is 0.204. The second kappa shape index (κ2) is 4.91. The van der Waals surface area contributed by atoms with E-state index in [2.05, 4.69) is 6.58 Å². The van der Waals surface area contributed by atoms with Crippen LogP contribution in [0.15, 0.2) is 12.7 Å². The summed E-state index contributed by atoms with van der Waals surface area (Å²) in [7, 11) is 0. The first kappa shape index (κ1) is 11.5. The highest BCUT2D eigenvalue weighted by molar-refractivity contribution is 6.06. The number of ether oxygens (including phenoxy) is 1. The lowest BCUT2D eigenvalue weighted by Gasteiger charge is -2.37. The second-order valence-electron chi connectivity index (χ2n) is 4.75. The molecular formula is C13H18O3. The third kappa shape index (κ3) is 2.09. The van der Waals surface area contributed by atoms with Crippen LogP contribution < -0.4 is 0 Å². The van der Waals surface area contributed by atoms with E-state index in [4.69, 9.17) is 4.74 Å². The lowest BCUT2D eigenvalue weighted by molar-refractivity contribution is -0.146. The Morgan fingerprint density at radius 1 is 1.38 bits per heavy atom. The van der Waals surface area contributed by atoms with Crippen LogP contribution in [-0.4, -0.2) is 24.8 Å². The first-order valence-electron chi connectivity index (χ1n) is 5.99. The Bertz CT molecular complexity index is 308. The van der Waals surface area contributed by atoms with Crippen molar-refractivity contribution in [1.82, 2.24) is 0 Å². The topological polar surface area (TPSA) is 43.4 Å². The van der Waals surface area contributed by atoms with Crippen molar-refractivity contribution in [2.75, 3.05) is 13.2 Å². The van der Waals surface area contributed by atoms with Crippen molar-refractivity contribution in [3.05, 3.63) is 12.7 Å². The minimum Gasteiger partial charge on any atom is -0.377 e. The van der Waals surface area contributed by atoms with E-state index in [1.54, 1.807) is 6.08 Å². The molecule has 88 valence electrons. The van der Waals surface area contributed by atoms with E-state index in [1.165, 1.54) is 0 Å². The SMILES string of the molecule is C=CCOCC1CC(=O)C2CCCC1C2=O. The van der Waals surface area contributed by atoms with Crippen molar-refractivity contribution in [3.63, 3.8) is 0 Å². The van der Waals surface area contributed by atoms with Gasteiger partial charge in [-0.25, -0.2) is 0 Å². The third-order valence-corrected chi connectivity index (χ3v) is 3.71. The second-order valence-corrected chi connectivity index (χ2v) is 4.75. The number of Topliss-reactive ketones (excluding diaryl/α,β-unsaturated/α-hetero) is 2. The number of fused-ring (bicyclic) bond motifs is 2. The zero-order valence-electron chi connectivity index (χ0n) is 9.48. The van der Waals surface area contributed by atoms with Gasteiger partial charge in [-0.3, -0.25) is 9.59 Å². The summed E-state index contributed by atoms with van der Waals surface area (Å²) in [6, 6.07) is 0. The zero-order valence-corrected chi connectivity index (χ0v) is 9.48. The molecule has 16 heavy (non-hydrogen) atoms. The van der Waals surface area contributed by atoms with E-state index in [1.807, 2.05) is 0 Å². The number of hydrogen-bond donors (Lipinski definition) is 0. The molecule has 0 aromatic heterocycles. The van der Waals surface area contributed by atoms with Crippen LogP contribution in [0.4, 0.5) is 0 Å². The van der Waals surface area contributed by atoms with E-state index in [0.717, 1.165) is 19.3 Å². The van der Waals surface area contributed by atoms with E-state index >= 15 is 0 Å². The van der Waals surface area contributed by atoms with Crippen LogP contribution in [0.3, 0.4) is 0 Å². The minimum atomic E-state index is -0.283. The molecule has 2 rings (SSSR count). The maximum Gasteiger partial charge on any atom is 0.146 e. The maximum absolute atomic E-state index is 12.0. The molecule has 3 unspecified atom stereocenters. The highest BCUT2D eigenvalue weighted by Gasteiger charge is 2.45. The summed E-state index contributed by atoms with van der Waals surface area (Å²) in [6.07, 6.45) is 4.93. The highest BCUT2D eigenvalue weighted by Crippen LogP contribution is 2.38. The van der Waals surface area contributed by atoms with Crippen molar-refractivity contribution in [2.24, 2.45) is 17.8 Å². The zero-order chi connectivity index (χ0) is 11.5. The first-order valence-corrected chi connectivity index (χ1v) is 5.99. The van der Waals surface area contributed by atoms with E-state index < -0.39 is 0 Å². The summed E-state index contributed by atoms with van der Waals surface area (Å²) >= 11 is 0. The average molecular weight is 222 g/mol. The lowest BCUT2D eigenvalue weighted by Crippen LogP contribution is -2.45. The molecule has 0 spiro atoms. The molecule has 2 fully saturated rings. The number of ketones is 2. The molecule has 3 atom stereocenters. The Morgan fingerprint density at radius 2 is 2.19 bits per heavy atom. The smallest absolute Gasteiger partial charge is 0.146 e. The van der Waals surface area contributed by atoms with Crippen molar-refractivity contribution >= 4 is 11.6 Å². The van der Waals surface area contributed by atoms with Crippen molar-refractivity contribution in [1.29, 1.82) is 0 Å². The molecule has 0 radical (unpaired) electrons. The van der Waals surface area contributed by atoms with Gasteiger partial charge >= 0.3 is 0 Å². The Kier molecular flexibility index (Phi) is 3.54. The van der Waals surface area contributed by atoms with Crippen molar-refractivity contribution < 1.29 is 14.3 Å². The molecule has 0 aliphatic heterocycles. The van der Waals surface area contributed by atoms with Gasteiger partial charge in [0.05, 0.1) is 19.1 Å². The molecule has 0 aromatic rings. The number of rotatable bonds is 4. The average Bonchev–Trinajstić information content (AvgIpc) is 2.26. The first-order chi connectivity index (χ1) is 7.74. The van der Waals surface area contributed by atoms with Crippen LogP contribution in [0.25, 0.3) is 0 Å². The molecule has 0 amide bonds. The fourth-order valence-electron chi connectivity index (χ4n) is 2.89. The summed E-state index contributed by atoms with van der Waals surface area (Å²) in [4.78, 5) is 23.7. The van der Waals surface area contributed by atoms with Gasteiger partial charge in [-0.2, -0.15) is 0 Å². The van der Waals surface area contributed by atoms with Gasteiger partial charge in [0, 0.05) is 12.3 Å². The Labute approximate surface area is 95.9 Å². The predicted octanol–water partition coefficient (Wildman–Crippen LogP) is 1.76. The van der Waals surface area contributed by atoms with Crippen LogP contribution in [-0.2, 0) is 14.3 Å². The molecule has 2 aliphatic rings. The number of carbonyl (C=O) groups is 2. The van der Waals surface area contributed by atoms with E-state index in [0.29, 0.717) is 19.6 Å². The maximum atomic E-state index is 12.0. The van der Waals surface area contributed by atoms with Crippen molar-refractivity contribution in [2.45, 2.75) is 25.7 Å². The van der Waals surface area contributed by atoms with E-state index in [-0.39, 0.29) is 29.3 Å². The van der Waals surface area contributed by atoms with Gasteiger partial charge in [0.25, 0.3) is 0 Å². The van der Waals surface area contributed by atoms with Gasteiger partial charge in [0.1, 0.15) is 11.6 Å². The Balaban J connectivity index is 2.00. The quantitative estimate of drug-likeness (QED) is 0.413. The molecule has 3 heteroatoms. The van der Waals surface area contributed by atoms with Crippen LogP contribution in [0, 0.1) is 17.8 Å². The van der Waals surface area contributed by atoms with E-state index in [9.17, 15) is 9.59 Å². The third-order valence-electron chi connectivity index (χ3n) is 3.71. The van der Waals surface area contributed by atoms with Crippen molar-refractivity contribution in [3.8, 4) is 0 Å². The standard InChI is InChI=1S/C13H18O3/c1-2-6-16-8-9-7-12(14)11-5-3-4-10(9)13(11)15/h2,9-11H,1,3-8H2. The van der Waals surface area contributed by atoms with Gasteiger partial charge in [-0.1, -0.05) is 12.5 Å². The molecule has 3 nitrogen and oxygen atoms in total. The summed E-state index contributed by atoms with van der Waals surface area (Å²) in [5, 5.41) is 0. The van der Waals surface area contributed by atoms with Gasteiger partial charge in [-0.05, 0) is 18.8 Å². The predicted molar refractivity (Wildman–Crippen MR) is 60.0 cm³/mol. The largest absolute Gasteiger partial charge is 0.377 e. The molecule has 0 saturated heterocycles. The Hall–Kier alpha value is -0.960. The van der Waals surface area contributed by atoms with Gasteiger partial charge in [-0.15, -0.1) is 6.58 Å². The lowest BCUT2D eigenvalue weighted by atomic mass is 9.65. The molecule has 0 aromatic carbocycles. The summed E-state index contributed by atoms with van der Waals surface area (Å²) in [6.45, 7) is 4.59. The van der Waals surface area contributed by atoms with Gasteiger partial charge < -0.3 is 4.74 Å². The minimum absolute atomic E-state index is 0.0706. The normalized spacial score (nSPS) is 33.9. The molecular weight excluding hydrogens is 204 g/mol. The molecule has 0 N–H and O–H groups in total. The van der Waals surface area contributed by atoms with Crippen LogP contribution >= 0.6 is 0 Å². The Morgan fingerprint density at radius 3 is 2.94 bits per heavy atom. The highest BCUT2D eigenvalue weighted by atomic mass is 16.5. The van der Waals surface area contributed by atoms with Gasteiger partial charge in [0.2, 0.25) is 0 Å². The van der Waals surface area contributed by atoms with Crippen LogP contribution in [0.5, 0.6) is 0 Å². The fraction of sp³-hybridized carbons (Fsp3) is 0.692. The molecule has 0 heterocycles.